The minimum Gasteiger partial charge on any atom is -0.399 e. The van der Waals surface area contributed by atoms with E-state index in [2.05, 4.69) is 5.10 Å². The summed E-state index contributed by atoms with van der Waals surface area (Å²) in [5.41, 5.74) is 8.37. The van der Waals surface area contributed by atoms with Gasteiger partial charge in [-0.15, -0.1) is 0 Å². The van der Waals surface area contributed by atoms with Gasteiger partial charge in [-0.05, 0) is 31.5 Å². The minimum atomic E-state index is -1.08. The van der Waals surface area contributed by atoms with Crippen molar-refractivity contribution in [1.82, 2.24) is 9.78 Å². The third kappa shape index (κ3) is 2.79. The number of benzene rings is 1. The summed E-state index contributed by atoms with van der Waals surface area (Å²) in [7, 11) is -1.08. The molecule has 0 saturated carbocycles. The van der Waals surface area contributed by atoms with E-state index in [0.29, 0.717) is 11.4 Å². The van der Waals surface area contributed by atoms with E-state index < -0.39 is 10.8 Å². The lowest BCUT2D eigenvalue weighted by molar-refractivity contribution is 0.659. The van der Waals surface area contributed by atoms with Gasteiger partial charge in [0.2, 0.25) is 0 Å². The molecule has 0 aliphatic heterocycles. The molecule has 1 unspecified atom stereocenters. The number of hydrogen-bond acceptors (Lipinski definition) is 3. The Morgan fingerprint density at radius 3 is 2.89 bits per heavy atom. The van der Waals surface area contributed by atoms with E-state index >= 15 is 0 Å². The Kier molecular flexibility index (Phi) is 3.81. The molecule has 0 radical (unpaired) electrons. The van der Waals surface area contributed by atoms with Gasteiger partial charge in [-0.1, -0.05) is 6.07 Å². The number of nitrogens with zero attached hydrogens (tertiary/aromatic N) is 2. The molecular formula is C13H17N3OS. The van der Waals surface area contributed by atoms with Gasteiger partial charge in [0.15, 0.2) is 0 Å². The Balaban J connectivity index is 2.19. The molecule has 0 aliphatic rings. The first-order valence-electron chi connectivity index (χ1n) is 5.86. The summed E-state index contributed by atoms with van der Waals surface area (Å²) in [5.74, 6) is 0.476. The second kappa shape index (κ2) is 5.35. The monoisotopic (exact) mass is 263 g/mol. The van der Waals surface area contributed by atoms with Crippen molar-refractivity contribution in [2.45, 2.75) is 31.0 Å². The maximum atomic E-state index is 12.3. The van der Waals surface area contributed by atoms with Crippen molar-refractivity contribution in [2.75, 3.05) is 5.73 Å². The molecule has 2 N–H and O–H groups in total. The lowest BCUT2D eigenvalue weighted by Crippen LogP contribution is -2.00. The van der Waals surface area contributed by atoms with E-state index in [1.807, 2.05) is 36.9 Å². The molecule has 2 rings (SSSR count). The molecular weight excluding hydrogens is 246 g/mol. The maximum absolute atomic E-state index is 12.3. The SMILES string of the molecule is CCn1cc(CS(=O)c2cc(N)ccc2C)cn1. The van der Waals surface area contributed by atoms with Crippen molar-refractivity contribution in [3.8, 4) is 0 Å². The predicted molar refractivity (Wildman–Crippen MR) is 73.6 cm³/mol. The molecule has 4 nitrogen and oxygen atoms in total. The Morgan fingerprint density at radius 2 is 2.22 bits per heavy atom. The number of rotatable bonds is 4. The molecule has 5 heteroatoms. The topological polar surface area (TPSA) is 60.9 Å². The zero-order valence-corrected chi connectivity index (χ0v) is 11.4. The van der Waals surface area contributed by atoms with Gasteiger partial charge in [0.1, 0.15) is 0 Å². The number of nitrogens with two attached hydrogens (primary N) is 1. The molecule has 0 saturated heterocycles. The molecule has 96 valence electrons. The Morgan fingerprint density at radius 1 is 1.44 bits per heavy atom. The first kappa shape index (κ1) is 12.8. The summed E-state index contributed by atoms with van der Waals surface area (Å²) in [5, 5.41) is 4.18. The van der Waals surface area contributed by atoms with Gasteiger partial charge in [0, 0.05) is 28.9 Å². The predicted octanol–water partition coefficient (Wildman–Crippen LogP) is 2.10. The van der Waals surface area contributed by atoms with Crippen molar-refractivity contribution >= 4 is 16.5 Å². The zero-order valence-electron chi connectivity index (χ0n) is 10.6. The third-order valence-corrected chi connectivity index (χ3v) is 4.29. The van der Waals surface area contributed by atoms with E-state index in [4.69, 9.17) is 5.73 Å². The van der Waals surface area contributed by atoms with Gasteiger partial charge in [-0.2, -0.15) is 5.10 Å². The van der Waals surface area contributed by atoms with Crippen molar-refractivity contribution in [3.05, 3.63) is 41.7 Å². The van der Waals surface area contributed by atoms with Crippen molar-refractivity contribution in [1.29, 1.82) is 0 Å². The van der Waals surface area contributed by atoms with Crippen LogP contribution in [-0.2, 0) is 23.1 Å². The Bertz CT molecular complexity index is 577. The van der Waals surface area contributed by atoms with Crippen molar-refractivity contribution in [2.24, 2.45) is 0 Å². The van der Waals surface area contributed by atoms with Crippen LogP contribution in [-0.4, -0.2) is 14.0 Å². The Labute approximate surface area is 109 Å². The lowest BCUT2D eigenvalue weighted by Gasteiger charge is -2.06. The fourth-order valence-corrected chi connectivity index (χ4v) is 3.05. The van der Waals surface area contributed by atoms with Crippen molar-refractivity contribution in [3.63, 3.8) is 0 Å². The zero-order chi connectivity index (χ0) is 13.1. The van der Waals surface area contributed by atoms with Crippen LogP contribution < -0.4 is 5.73 Å². The largest absolute Gasteiger partial charge is 0.399 e. The van der Waals surface area contributed by atoms with Gasteiger partial charge < -0.3 is 5.73 Å². The van der Waals surface area contributed by atoms with E-state index in [0.717, 1.165) is 22.6 Å². The summed E-state index contributed by atoms with van der Waals surface area (Å²) in [4.78, 5) is 0.805. The second-order valence-corrected chi connectivity index (χ2v) is 5.64. The molecule has 0 fully saturated rings. The minimum absolute atomic E-state index is 0.476. The van der Waals surface area contributed by atoms with Gasteiger partial charge in [-0.25, -0.2) is 0 Å². The number of aromatic nitrogens is 2. The summed E-state index contributed by atoms with van der Waals surface area (Å²) in [6.07, 6.45) is 3.70. The first-order valence-corrected chi connectivity index (χ1v) is 7.18. The number of nitrogen functional groups attached to an aromatic ring is 1. The van der Waals surface area contributed by atoms with Gasteiger partial charge in [0.25, 0.3) is 0 Å². The fourth-order valence-electron chi connectivity index (χ4n) is 1.74. The van der Waals surface area contributed by atoms with Crippen LogP contribution in [0.1, 0.15) is 18.1 Å². The van der Waals surface area contributed by atoms with Crippen LogP contribution in [0.5, 0.6) is 0 Å². The summed E-state index contributed by atoms with van der Waals surface area (Å²) >= 11 is 0. The van der Waals surface area contributed by atoms with E-state index in [1.165, 1.54) is 0 Å². The normalized spacial score (nSPS) is 12.6. The van der Waals surface area contributed by atoms with Crippen LogP contribution in [0.3, 0.4) is 0 Å². The van der Waals surface area contributed by atoms with Gasteiger partial charge in [0.05, 0.1) is 22.7 Å². The summed E-state index contributed by atoms with van der Waals surface area (Å²) < 4.78 is 14.1. The van der Waals surface area contributed by atoms with Gasteiger partial charge >= 0.3 is 0 Å². The molecule has 1 heterocycles. The summed E-state index contributed by atoms with van der Waals surface area (Å²) in [6, 6.07) is 5.51. The highest BCUT2D eigenvalue weighted by atomic mass is 32.2. The maximum Gasteiger partial charge on any atom is 0.0578 e. The molecule has 1 atom stereocenters. The van der Waals surface area contributed by atoms with E-state index in [-0.39, 0.29) is 0 Å². The van der Waals surface area contributed by atoms with Crippen LogP contribution >= 0.6 is 0 Å². The first-order chi connectivity index (χ1) is 8.60. The van der Waals surface area contributed by atoms with Crippen LogP contribution in [0.4, 0.5) is 5.69 Å². The highest BCUT2D eigenvalue weighted by Crippen LogP contribution is 2.19. The highest BCUT2D eigenvalue weighted by molar-refractivity contribution is 7.84. The molecule has 0 spiro atoms. The fraction of sp³-hybridized carbons (Fsp3) is 0.308. The average Bonchev–Trinajstić information content (AvgIpc) is 2.80. The smallest absolute Gasteiger partial charge is 0.0578 e. The van der Waals surface area contributed by atoms with Crippen LogP contribution in [0.15, 0.2) is 35.5 Å². The van der Waals surface area contributed by atoms with Crippen LogP contribution in [0, 0.1) is 6.92 Å². The number of anilines is 1. The molecule has 1 aromatic heterocycles. The molecule has 1 aromatic carbocycles. The Hall–Kier alpha value is -1.62. The molecule has 0 aliphatic carbocycles. The quantitative estimate of drug-likeness (QED) is 0.859. The summed E-state index contributed by atoms with van der Waals surface area (Å²) in [6.45, 7) is 4.79. The van der Waals surface area contributed by atoms with E-state index in [9.17, 15) is 4.21 Å². The third-order valence-electron chi connectivity index (χ3n) is 2.77. The van der Waals surface area contributed by atoms with E-state index in [1.54, 1.807) is 12.3 Å². The lowest BCUT2D eigenvalue weighted by atomic mass is 10.2. The highest BCUT2D eigenvalue weighted by Gasteiger charge is 2.10. The average molecular weight is 263 g/mol. The number of aryl methyl sites for hydroxylation is 2. The molecule has 0 bridgehead atoms. The van der Waals surface area contributed by atoms with Crippen molar-refractivity contribution < 1.29 is 4.21 Å². The molecule has 0 amide bonds. The number of hydrogen-bond donors (Lipinski definition) is 1. The standard InChI is InChI=1S/C13H17N3OS/c1-3-16-8-11(7-15-16)9-18(17)13-6-12(14)5-4-10(13)2/h4-8H,3,9,14H2,1-2H3. The van der Waals surface area contributed by atoms with Crippen LogP contribution in [0.2, 0.25) is 0 Å². The van der Waals surface area contributed by atoms with Gasteiger partial charge in [-0.3, -0.25) is 8.89 Å². The molecule has 2 aromatic rings. The second-order valence-electron chi connectivity index (χ2n) is 4.22. The molecule has 18 heavy (non-hydrogen) atoms. The van der Waals surface area contributed by atoms with Crippen LogP contribution in [0.25, 0.3) is 0 Å².